The van der Waals surface area contributed by atoms with Gasteiger partial charge in [0.25, 0.3) is 10.0 Å². The van der Waals surface area contributed by atoms with Gasteiger partial charge < -0.3 is 20.5 Å². The van der Waals surface area contributed by atoms with Crippen molar-refractivity contribution in [2.75, 3.05) is 26.7 Å². The molecular weight excluding hydrogens is 478 g/mol. The number of ether oxygens (including phenoxy) is 1. The first kappa shape index (κ1) is 25.5. The Bertz CT molecular complexity index is 1340. The molecule has 8 nitrogen and oxygen atoms in total. The number of carbonyl (C=O) groups is 1. The summed E-state index contributed by atoms with van der Waals surface area (Å²) < 4.78 is 32.9. The quantitative estimate of drug-likeness (QED) is 0.425. The standard InChI is InChI=1S/C27H31N3O5S/c1-29-14-10-20(11-15-29)13-17-35-24-6-3-22(4-7-24)23-5-8-26(25(31)18-23)36(33,34)30-16-12-21(19-30)2-9-27(28)32/h2-9,12,16,18-20,31H,10-11,13-15,17H2,1H3,(H2,28,32)/b9-2+. The maximum Gasteiger partial charge on any atom is 0.271 e. The van der Waals surface area contributed by atoms with E-state index < -0.39 is 15.9 Å². The average Bonchev–Trinajstić information content (AvgIpc) is 3.34. The van der Waals surface area contributed by atoms with E-state index in [9.17, 15) is 18.3 Å². The van der Waals surface area contributed by atoms with Crippen LogP contribution in [0.5, 0.6) is 11.5 Å². The number of nitrogens with two attached hydrogens (primary N) is 1. The third-order valence-electron chi connectivity index (χ3n) is 6.47. The van der Waals surface area contributed by atoms with E-state index >= 15 is 0 Å². The van der Waals surface area contributed by atoms with Crippen molar-refractivity contribution < 1.29 is 23.1 Å². The lowest BCUT2D eigenvalue weighted by Crippen LogP contribution is -2.30. The maximum atomic E-state index is 13.0. The zero-order valence-electron chi connectivity index (χ0n) is 20.2. The number of benzene rings is 2. The summed E-state index contributed by atoms with van der Waals surface area (Å²) >= 11 is 0. The van der Waals surface area contributed by atoms with Gasteiger partial charge in [-0.25, -0.2) is 12.4 Å². The molecule has 1 fully saturated rings. The molecule has 3 N–H and O–H groups in total. The molecule has 0 radical (unpaired) electrons. The normalized spacial score (nSPS) is 15.4. The summed E-state index contributed by atoms with van der Waals surface area (Å²) in [6, 6.07) is 13.5. The molecule has 2 aromatic carbocycles. The molecule has 1 aliphatic heterocycles. The van der Waals surface area contributed by atoms with E-state index in [2.05, 4.69) is 11.9 Å². The lowest BCUT2D eigenvalue weighted by molar-refractivity contribution is -0.113. The maximum absolute atomic E-state index is 13.0. The zero-order valence-corrected chi connectivity index (χ0v) is 21.0. The molecule has 0 aliphatic carbocycles. The van der Waals surface area contributed by atoms with E-state index in [1.807, 2.05) is 24.3 Å². The van der Waals surface area contributed by atoms with Crippen molar-refractivity contribution in [2.24, 2.45) is 11.7 Å². The molecule has 1 saturated heterocycles. The van der Waals surface area contributed by atoms with Crippen LogP contribution in [0.15, 0.2) is 71.9 Å². The predicted octanol–water partition coefficient (Wildman–Crippen LogP) is 3.71. The second kappa shape index (κ2) is 11.0. The van der Waals surface area contributed by atoms with Crippen LogP contribution in [0.2, 0.25) is 0 Å². The minimum atomic E-state index is -4.02. The van der Waals surface area contributed by atoms with E-state index in [1.54, 1.807) is 6.07 Å². The third kappa shape index (κ3) is 6.16. The molecular formula is C27H31N3O5S. The smallest absolute Gasteiger partial charge is 0.271 e. The fourth-order valence-corrected chi connectivity index (χ4v) is 5.56. The van der Waals surface area contributed by atoms with Gasteiger partial charge in [0.1, 0.15) is 16.4 Å². The Morgan fingerprint density at radius 1 is 1.11 bits per heavy atom. The van der Waals surface area contributed by atoms with Gasteiger partial charge in [0.05, 0.1) is 6.61 Å². The molecule has 3 aromatic rings. The van der Waals surface area contributed by atoms with E-state index in [0.717, 1.165) is 40.9 Å². The van der Waals surface area contributed by atoms with E-state index in [-0.39, 0.29) is 10.6 Å². The Hall–Kier alpha value is -3.56. The summed E-state index contributed by atoms with van der Waals surface area (Å²) in [4.78, 5) is 13.0. The molecule has 1 aromatic heterocycles. The van der Waals surface area contributed by atoms with Crippen molar-refractivity contribution in [1.82, 2.24) is 8.87 Å². The van der Waals surface area contributed by atoms with Crippen molar-refractivity contribution in [1.29, 1.82) is 0 Å². The molecule has 1 amide bonds. The van der Waals surface area contributed by atoms with Crippen molar-refractivity contribution in [2.45, 2.75) is 24.2 Å². The van der Waals surface area contributed by atoms with Gasteiger partial charge in [0, 0.05) is 18.5 Å². The highest BCUT2D eigenvalue weighted by Gasteiger charge is 2.21. The number of piperidine rings is 1. The minimum absolute atomic E-state index is 0.221. The number of phenolic OH excluding ortho intramolecular Hbond substituents is 1. The number of nitrogens with zero attached hydrogens (tertiary/aromatic N) is 2. The molecule has 4 rings (SSSR count). The summed E-state index contributed by atoms with van der Waals surface area (Å²) in [7, 11) is -1.86. The Balaban J connectivity index is 1.41. The summed E-state index contributed by atoms with van der Waals surface area (Å²) in [5.41, 5.74) is 7.08. The zero-order chi connectivity index (χ0) is 25.7. The van der Waals surface area contributed by atoms with Gasteiger partial charge >= 0.3 is 0 Å². The summed E-state index contributed by atoms with van der Waals surface area (Å²) in [6.07, 6.45) is 8.72. The first-order chi connectivity index (χ1) is 17.2. The molecule has 9 heteroatoms. The molecule has 36 heavy (non-hydrogen) atoms. The second-order valence-corrected chi connectivity index (χ2v) is 10.9. The molecule has 0 unspecified atom stereocenters. The highest BCUT2D eigenvalue weighted by molar-refractivity contribution is 7.90. The van der Waals surface area contributed by atoms with Gasteiger partial charge in [-0.05, 0) is 98.4 Å². The Labute approximate surface area is 211 Å². The topological polar surface area (TPSA) is 115 Å². The molecule has 1 aliphatic rings. The van der Waals surface area contributed by atoms with Crippen LogP contribution in [0.3, 0.4) is 0 Å². The monoisotopic (exact) mass is 509 g/mol. The number of likely N-dealkylation sites (tertiary alicyclic amines) is 1. The number of carbonyl (C=O) groups excluding carboxylic acids is 1. The van der Waals surface area contributed by atoms with Crippen LogP contribution >= 0.6 is 0 Å². The predicted molar refractivity (Wildman–Crippen MR) is 139 cm³/mol. The highest BCUT2D eigenvalue weighted by atomic mass is 32.2. The van der Waals surface area contributed by atoms with Crippen molar-refractivity contribution in [3.63, 3.8) is 0 Å². The van der Waals surface area contributed by atoms with E-state index in [0.29, 0.717) is 23.7 Å². The number of phenols is 1. The van der Waals surface area contributed by atoms with Gasteiger partial charge in [-0.2, -0.15) is 0 Å². The third-order valence-corrected chi connectivity index (χ3v) is 8.15. The van der Waals surface area contributed by atoms with Gasteiger partial charge in [-0.1, -0.05) is 18.2 Å². The Morgan fingerprint density at radius 2 is 1.81 bits per heavy atom. The molecule has 2 heterocycles. The molecule has 0 spiro atoms. The molecule has 0 bridgehead atoms. The molecule has 190 valence electrons. The first-order valence-corrected chi connectivity index (χ1v) is 13.3. The van der Waals surface area contributed by atoms with Crippen LogP contribution in [0, 0.1) is 5.92 Å². The SMILES string of the molecule is CN1CCC(CCOc2ccc(-c3ccc(S(=O)(=O)n4ccc(/C=C/C(N)=O)c4)c(O)c3)cc2)CC1. The Morgan fingerprint density at radius 3 is 2.47 bits per heavy atom. The van der Waals surface area contributed by atoms with Crippen LogP contribution < -0.4 is 10.5 Å². The Kier molecular flexibility index (Phi) is 7.81. The van der Waals surface area contributed by atoms with Crippen LogP contribution in [0.4, 0.5) is 0 Å². The van der Waals surface area contributed by atoms with Crippen molar-refractivity contribution in [3.8, 4) is 22.6 Å². The van der Waals surface area contributed by atoms with Crippen LogP contribution in [-0.4, -0.2) is 55.0 Å². The fourth-order valence-electron chi connectivity index (χ4n) is 4.29. The van der Waals surface area contributed by atoms with Gasteiger partial charge in [0.2, 0.25) is 5.91 Å². The minimum Gasteiger partial charge on any atom is -0.506 e. The van der Waals surface area contributed by atoms with Crippen LogP contribution in [0.1, 0.15) is 24.8 Å². The van der Waals surface area contributed by atoms with Crippen molar-refractivity contribution in [3.05, 3.63) is 72.6 Å². The average molecular weight is 510 g/mol. The lowest BCUT2D eigenvalue weighted by atomic mass is 9.94. The van der Waals surface area contributed by atoms with Gasteiger partial charge in [0.15, 0.2) is 0 Å². The largest absolute Gasteiger partial charge is 0.506 e. The number of primary amides is 1. The molecule has 0 saturated carbocycles. The summed E-state index contributed by atoms with van der Waals surface area (Å²) in [5, 5.41) is 10.5. The van der Waals surface area contributed by atoms with E-state index in [1.165, 1.54) is 49.5 Å². The van der Waals surface area contributed by atoms with E-state index in [4.69, 9.17) is 10.5 Å². The summed E-state index contributed by atoms with van der Waals surface area (Å²) in [5.74, 6) is 0.506. The molecule has 0 atom stereocenters. The number of aromatic hydroxyl groups is 1. The van der Waals surface area contributed by atoms with Gasteiger partial charge in [-0.3, -0.25) is 4.79 Å². The fraction of sp³-hybridized carbons (Fsp3) is 0.296. The highest BCUT2D eigenvalue weighted by Crippen LogP contribution is 2.32. The number of amides is 1. The van der Waals surface area contributed by atoms with Gasteiger partial charge in [-0.15, -0.1) is 0 Å². The number of hydrogen-bond donors (Lipinski definition) is 2. The first-order valence-electron chi connectivity index (χ1n) is 11.9. The number of aromatic nitrogens is 1. The second-order valence-electron chi connectivity index (χ2n) is 9.11. The number of rotatable bonds is 9. The van der Waals surface area contributed by atoms with Crippen LogP contribution in [0.25, 0.3) is 17.2 Å². The lowest BCUT2D eigenvalue weighted by Gasteiger charge is -2.28. The summed E-state index contributed by atoms with van der Waals surface area (Å²) in [6.45, 7) is 2.97. The van der Waals surface area contributed by atoms with Crippen LogP contribution in [-0.2, 0) is 14.8 Å². The van der Waals surface area contributed by atoms with Crippen molar-refractivity contribution >= 4 is 22.0 Å². The number of hydrogen-bond acceptors (Lipinski definition) is 6.